The Labute approximate surface area is 252 Å². The van der Waals surface area contributed by atoms with Gasteiger partial charge >= 0.3 is 0 Å². The van der Waals surface area contributed by atoms with Crippen LogP contribution in [0, 0.1) is 5.41 Å². The van der Waals surface area contributed by atoms with Crippen LogP contribution < -0.4 is 21.3 Å². The van der Waals surface area contributed by atoms with Gasteiger partial charge in [-0.05, 0) is 84.2 Å². The highest BCUT2D eigenvalue weighted by atomic mass is 16.2. The standard InChI is InChI=1S/C36H36N4O3/c37-24-33(41)39-32-15-8-20-36(32)21-22-40(31-14-7-4-11-27(31)23-36)35(43)26-16-18-28(19-17-26)38-34(42)30-13-6-5-12-29(30)25-9-2-1-3-10-25/h1-7,9-14,16-19,32H,8,15,20-24,37H2,(H,38,42)(H,39,41). The molecule has 4 aromatic rings. The molecule has 2 atom stereocenters. The Balaban J connectivity index is 1.20. The maximum Gasteiger partial charge on any atom is 0.258 e. The van der Waals surface area contributed by atoms with Crippen molar-refractivity contribution in [2.75, 3.05) is 23.3 Å². The van der Waals surface area contributed by atoms with Crippen LogP contribution in [0.1, 0.15) is 52.0 Å². The minimum Gasteiger partial charge on any atom is -0.352 e. The van der Waals surface area contributed by atoms with E-state index in [2.05, 4.69) is 16.7 Å². The molecular weight excluding hydrogens is 536 g/mol. The number of benzene rings is 4. The zero-order valence-corrected chi connectivity index (χ0v) is 24.1. The first-order valence-corrected chi connectivity index (χ1v) is 14.9. The third-order valence-electron chi connectivity index (χ3n) is 8.98. The maximum atomic E-state index is 13.9. The number of nitrogens with one attached hydrogen (secondary N) is 2. The minimum absolute atomic E-state index is 0.0240. The number of amides is 3. The molecule has 0 saturated heterocycles. The molecule has 1 fully saturated rings. The zero-order valence-electron chi connectivity index (χ0n) is 24.1. The van der Waals surface area contributed by atoms with E-state index in [9.17, 15) is 14.4 Å². The molecule has 1 aliphatic carbocycles. The molecule has 1 saturated carbocycles. The fraction of sp³-hybridized carbons (Fsp3) is 0.250. The van der Waals surface area contributed by atoms with Crippen LogP contribution in [0.3, 0.4) is 0 Å². The molecule has 4 N–H and O–H groups in total. The average molecular weight is 573 g/mol. The van der Waals surface area contributed by atoms with Gasteiger partial charge in [0.15, 0.2) is 0 Å². The molecule has 0 radical (unpaired) electrons. The topological polar surface area (TPSA) is 105 Å². The quantitative estimate of drug-likeness (QED) is 0.271. The number of hydrogen-bond acceptors (Lipinski definition) is 4. The van der Waals surface area contributed by atoms with Crippen LogP contribution in [0.4, 0.5) is 11.4 Å². The summed E-state index contributed by atoms with van der Waals surface area (Å²) in [5, 5.41) is 6.16. The molecule has 218 valence electrons. The summed E-state index contributed by atoms with van der Waals surface area (Å²) in [6.07, 6.45) is 4.55. The second-order valence-corrected chi connectivity index (χ2v) is 11.5. The maximum absolute atomic E-state index is 13.9. The molecule has 43 heavy (non-hydrogen) atoms. The summed E-state index contributed by atoms with van der Waals surface area (Å²) >= 11 is 0. The van der Waals surface area contributed by atoms with Crippen LogP contribution in [0.15, 0.2) is 103 Å². The fourth-order valence-electron chi connectivity index (χ4n) is 6.79. The van der Waals surface area contributed by atoms with Gasteiger partial charge in [0.1, 0.15) is 0 Å². The van der Waals surface area contributed by atoms with Crippen molar-refractivity contribution in [1.82, 2.24) is 5.32 Å². The van der Waals surface area contributed by atoms with Crippen molar-refractivity contribution in [3.8, 4) is 11.1 Å². The van der Waals surface area contributed by atoms with Crippen LogP contribution in [-0.4, -0.2) is 36.9 Å². The Hall–Kier alpha value is -4.75. The summed E-state index contributed by atoms with van der Waals surface area (Å²) in [6.45, 7) is 0.531. The molecule has 1 aliphatic heterocycles. The lowest BCUT2D eigenvalue weighted by molar-refractivity contribution is -0.121. The van der Waals surface area contributed by atoms with Crippen molar-refractivity contribution in [3.05, 3.63) is 120 Å². The van der Waals surface area contributed by atoms with Gasteiger partial charge in [0.2, 0.25) is 5.91 Å². The summed E-state index contributed by atoms with van der Waals surface area (Å²) < 4.78 is 0. The van der Waals surface area contributed by atoms with Gasteiger partial charge in [0, 0.05) is 35.1 Å². The molecule has 1 spiro atoms. The zero-order chi connectivity index (χ0) is 29.8. The lowest BCUT2D eigenvalue weighted by Gasteiger charge is -2.35. The number of nitrogens with zero attached hydrogens (tertiary/aromatic N) is 1. The molecule has 7 nitrogen and oxygen atoms in total. The first-order valence-electron chi connectivity index (χ1n) is 14.9. The number of anilines is 2. The number of hydrogen-bond donors (Lipinski definition) is 3. The molecule has 4 aromatic carbocycles. The van der Waals surface area contributed by atoms with Gasteiger partial charge in [-0.3, -0.25) is 14.4 Å². The van der Waals surface area contributed by atoms with E-state index in [0.717, 1.165) is 54.5 Å². The minimum atomic E-state index is -0.210. The second-order valence-electron chi connectivity index (χ2n) is 11.5. The van der Waals surface area contributed by atoms with E-state index in [1.165, 1.54) is 0 Å². The Bertz CT molecular complexity index is 1640. The summed E-state index contributed by atoms with van der Waals surface area (Å²) in [6, 6.07) is 32.6. The van der Waals surface area contributed by atoms with E-state index in [1.807, 2.05) is 77.7 Å². The second kappa shape index (κ2) is 12.2. The SMILES string of the molecule is NCC(=O)NC1CCCC12CCN(C(=O)c1ccc(NC(=O)c3ccccc3-c3ccccc3)cc1)c1ccccc1C2. The van der Waals surface area contributed by atoms with Gasteiger partial charge < -0.3 is 21.3 Å². The van der Waals surface area contributed by atoms with Crippen molar-refractivity contribution in [2.24, 2.45) is 11.1 Å². The van der Waals surface area contributed by atoms with Gasteiger partial charge in [-0.25, -0.2) is 0 Å². The Morgan fingerprint density at radius 3 is 2.35 bits per heavy atom. The molecule has 3 amide bonds. The van der Waals surface area contributed by atoms with Crippen molar-refractivity contribution in [3.63, 3.8) is 0 Å². The molecular formula is C36H36N4O3. The van der Waals surface area contributed by atoms with E-state index in [1.54, 1.807) is 24.3 Å². The Morgan fingerprint density at radius 1 is 0.837 bits per heavy atom. The molecule has 0 aromatic heterocycles. The van der Waals surface area contributed by atoms with Crippen LogP contribution in [0.25, 0.3) is 11.1 Å². The first-order chi connectivity index (χ1) is 21.0. The molecule has 2 aliphatic rings. The number of rotatable bonds is 6. The largest absolute Gasteiger partial charge is 0.352 e. The summed E-state index contributed by atoms with van der Waals surface area (Å²) in [5.41, 5.74) is 11.1. The highest BCUT2D eigenvalue weighted by Crippen LogP contribution is 2.47. The lowest BCUT2D eigenvalue weighted by Crippen LogP contribution is -2.48. The van der Waals surface area contributed by atoms with Crippen LogP contribution in [0.5, 0.6) is 0 Å². The van der Waals surface area contributed by atoms with Crippen LogP contribution in [-0.2, 0) is 11.2 Å². The van der Waals surface area contributed by atoms with E-state index >= 15 is 0 Å². The molecule has 0 bridgehead atoms. The smallest absolute Gasteiger partial charge is 0.258 e. The van der Waals surface area contributed by atoms with E-state index in [4.69, 9.17) is 5.73 Å². The summed E-state index contributed by atoms with van der Waals surface area (Å²) in [5.74, 6) is -0.428. The number of fused-ring (bicyclic) bond motifs is 1. The summed E-state index contributed by atoms with van der Waals surface area (Å²) in [7, 11) is 0. The molecule has 7 heteroatoms. The average Bonchev–Trinajstić information content (AvgIpc) is 3.34. The highest BCUT2D eigenvalue weighted by Gasteiger charge is 2.45. The molecule has 2 unspecified atom stereocenters. The van der Waals surface area contributed by atoms with E-state index in [-0.39, 0.29) is 35.7 Å². The number of carbonyl (C=O) groups excluding carboxylic acids is 3. The van der Waals surface area contributed by atoms with Crippen LogP contribution >= 0.6 is 0 Å². The molecule has 6 rings (SSSR count). The third kappa shape index (κ3) is 5.81. The number of para-hydroxylation sites is 1. The molecule has 1 heterocycles. The van der Waals surface area contributed by atoms with E-state index < -0.39 is 0 Å². The number of carbonyl (C=O) groups is 3. The summed E-state index contributed by atoms with van der Waals surface area (Å²) in [4.78, 5) is 41.3. The lowest BCUT2D eigenvalue weighted by atomic mass is 9.74. The van der Waals surface area contributed by atoms with Crippen molar-refractivity contribution in [2.45, 2.75) is 38.1 Å². The highest BCUT2D eigenvalue weighted by molar-refractivity contribution is 6.10. The first kappa shape index (κ1) is 28.4. The van der Waals surface area contributed by atoms with Crippen molar-refractivity contribution < 1.29 is 14.4 Å². The predicted octanol–water partition coefficient (Wildman–Crippen LogP) is 5.81. The van der Waals surface area contributed by atoms with Crippen molar-refractivity contribution in [1.29, 1.82) is 0 Å². The normalized spacial score (nSPS) is 19.4. The van der Waals surface area contributed by atoms with Crippen molar-refractivity contribution >= 4 is 29.1 Å². The van der Waals surface area contributed by atoms with Gasteiger partial charge in [0.05, 0.1) is 6.54 Å². The van der Waals surface area contributed by atoms with Gasteiger partial charge in [-0.1, -0.05) is 73.2 Å². The van der Waals surface area contributed by atoms with Gasteiger partial charge in [-0.2, -0.15) is 0 Å². The third-order valence-corrected chi connectivity index (χ3v) is 8.98. The van der Waals surface area contributed by atoms with E-state index in [0.29, 0.717) is 23.4 Å². The van der Waals surface area contributed by atoms with Crippen LogP contribution in [0.2, 0.25) is 0 Å². The fourth-order valence-corrected chi connectivity index (χ4v) is 6.79. The number of nitrogens with two attached hydrogens (primary N) is 1. The monoisotopic (exact) mass is 572 g/mol. The van der Waals surface area contributed by atoms with Gasteiger partial charge in [-0.15, -0.1) is 0 Å². The Morgan fingerprint density at radius 2 is 1.56 bits per heavy atom. The van der Waals surface area contributed by atoms with Gasteiger partial charge in [0.25, 0.3) is 11.8 Å². The Kier molecular flexibility index (Phi) is 8.07. The predicted molar refractivity (Wildman–Crippen MR) is 170 cm³/mol.